The molecular weight excluding hydrogens is 372 g/mol. The van der Waals surface area contributed by atoms with Crippen LogP contribution in [0.3, 0.4) is 0 Å². The normalized spacial score (nSPS) is 10.1. The summed E-state index contributed by atoms with van der Waals surface area (Å²) in [6, 6.07) is 21.2. The highest BCUT2D eigenvalue weighted by Gasteiger charge is 2.13. The maximum absolute atomic E-state index is 12.9. The van der Waals surface area contributed by atoms with E-state index in [1.165, 1.54) is 0 Å². The van der Waals surface area contributed by atoms with Gasteiger partial charge in [0, 0.05) is 36.2 Å². The first kappa shape index (κ1) is 19.3. The minimum absolute atomic E-state index is 0. The van der Waals surface area contributed by atoms with Crippen molar-refractivity contribution in [2.45, 2.75) is 6.54 Å². The first-order valence-electron chi connectivity index (χ1n) is 8.68. The Kier molecular flexibility index (Phi) is 6.19. The highest BCUT2D eigenvalue weighted by molar-refractivity contribution is 6.11. The van der Waals surface area contributed by atoms with Crippen LogP contribution in [0.15, 0.2) is 85.3 Å². The molecule has 0 aliphatic carbocycles. The number of pyridine rings is 2. The second kappa shape index (κ2) is 8.97. The van der Waals surface area contributed by atoms with E-state index in [4.69, 9.17) is 0 Å². The number of rotatable bonds is 5. The molecule has 2 aromatic carbocycles. The van der Waals surface area contributed by atoms with Gasteiger partial charge in [-0.25, -0.2) is 4.98 Å². The van der Waals surface area contributed by atoms with E-state index < -0.39 is 0 Å². The fourth-order valence-corrected chi connectivity index (χ4v) is 2.94. The number of nitrogens with zero attached hydrogens (tertiary/aromatic N) is 2. The van der Waals surface area contributed by atoms with Crippen LogP contribution in [0.4, 0.5) is 11.5 Å². The first-order valence-corrected chi connectivity index (χ1v) is 8.68. The van der Waals surface area contributed by atoms with Gasteiger partial charge in [-0.2, -0.15) is 0 Å². The highest BCUT2D eigenvalue weighted by atomic mass is 35.5. The largest absolute Gasteiger partial charge is 0.365 e. The summed E-state index contributed by atoms with van der Waals surface area (Å²) in [5.41, 5.74) is 2.34. The first-order chi connectivity index (χ1) is 13.3. The molecule has 2 N–H and O–H groups in total. The smallest absolute Gasteiger partial charge is 0.259 e. The van der Waals surface area contributed by atoms with Gasteiger partial charge >= 0.3 is 0 Å². The van der Waals surface area contributed by atoms with Gasteiger partial charge in [0.15, 0.2) is 0 Å². The lowest BCUT2D eigenvalue weighted by atomic mass is 10.1. The standard InChI is InChI=1S/C22H18N4O.ClH/c27-22(26-20-9-3-6-17-5-1-2-7-18(17)20)19-8-4-12-24-21(19)25-15-16-10-13-23-14-11-16;/h1-14H,15H2,(H,24,25)(H,26,27);1H. The van der Waals surface area contributed by atoms with Crippen LogP contribution in [-0.4, -0.2) is 15.9 Å². The maximum Gasteiger partial charge on any atom is 0.259 e. The number of anilines is 2. The van der Waals surface area contributed by atoms with Crippen LogP contribution in [0.25, 0.3) is 10.8 Å². The Morgan fingerprint density at radius 3 is 2.50 bits per heavy atom. The summed E-state index contributed by atoms with van der Waals surface area (Å²) in [5, 5.41) is 8.33. The molecule has 5 nitrogen and oxygen atoms in total. The van der Waals surface area contributed by atoms with Crippen molar-refractivity contribution in [3.05, 3.63) is 96.4 Å². The molecule has 4 aromatic rings. The molecule has 0 spiro atoms. The van der Waals surface area contributed by atoms with Gasteiger partial charge in [-0.15, -0.1) is 12.4 Å². The van der Waals surface area contributed by atoms with Crippen LogP contribution < -0.4 is 10.6 Å². The van der Waals surface area contributed by atoms with E-state index in [0.717, 1.165) is 22.0 Å². The van der Waals surface area contributed by atoms with E-state index in [1.54, 1.807) is 30.7 Å². The van der Waals surface area contributed by atoms with Gasteiger partial charge in [0.1, 0.15) is 5.82 Å². The molecule has 140 valence electrons. The van der Waals surface area contributed by atoms with Gasteiger partial charge in [0.05, 0.1) is 5.56 Å². The monoisotopic (exact) mass is 390 g/mol. The number of carbonyl (C=O) groups excluding carboxylic acids is 1. The second-order valence-corrected chi connectivity index (χ2v) is 6.09. The lowest BCUT2D eigenvalue weighted by Gasteiger charge is -2.12. The van der Waals surface area contributed by atoms with Crippen LogP contribution in [0.5, 0.6) is 0 Å². The summed E-state index contributed by atoms with van der Waals surface area (Å²) in [6.07, 6.45) is 5.15. The van der Waals surface area contributed by atoms with Crippen LogP contribution in [0.1, 0.15) is 15.9 Å². The molecule has 0 saturated carbocycles. The number of hydrogen-bond donors (Lipinski definition) is 2. The van der Waals surface area contributed by atoms with Gasteiger partial charge in [-0.05, 0) is 41.3 Å². The number of amides is 1. The number of fused-ring (bicyclic) bond motifs is 1. The number of carbonyl (C=O) groups is 1. The molecule has 0 bridgehead atoms. The second-order valence-electron chi connectivity index (χ2n) is 6.09. The molecule has 2 heterocycles. The SMILES string of the molecule is Cl.O=C(Nc1cccc2ccccc12)c1cccnc1NCc1ccncc1. The quantitative estimate of drug-likeness (QED) is 0.507. The van der Waals surface area contributed by atoms with E-state index in [-0.39, 0.29) is 18.3 Å². The average Bonchev–Trinajstić information content (AvgIpc) is 2.73. The predicted molar refractivity (Wildman–Crippen MR) is 115 cm³/mol. The molecule has 6 heteroatoms. The van der Waals surface area contributed by atoms with E-state index >= 15 is 0 Å². The third-order valence-electron chi connectivity index (χ3n) is 4.30. The Balaban J connectivity index is 0.00000225. The Hall–Kier alpha value is -3.44. The van der Waals surface area contributed by atoms with Gasteiger partial charge in [-0.1, -0.05) is 36.4 Å². The number of halogens is 1. The molecule has 0 unspecified atom stereocenters. The summed E-state index contributed by atoms with van der Waals surface area (Å²) >= 11 is 0. The summed E-state index contributed by atoms with van der Waals surface area (Å²) in [7, 11) is 0. The van der Waals surface area contributed by atoms with E-state index in [0.29, 0.717) is 17.9 Å². The van der Waals surface area contributed by atoms with E-state index in [9.17, 15) is 4.79 Å². The topological polar surface area (TPSA) is 66.9 Å². The number of aromatic nitrogens is 2. The van der Waals surface area contributed by atoms with Crippen LogP contribution in [0.2, 0.25) is 0 Å². The zero-order valence-corrected chi connectivity index (χ0v) is 15.8. The maximum atomic E-state index is 12.9. The van der Waals surface area contributed by atoms with Gasteiger partial charge in [-0.3, -0.25) is 9.78 Å². The third-order valence-corrected chi connectivity index (χ3v) is 4.30. The van der Waals surface area contributed by atoms with Gasteiger partial charge in [0.25, 0.3) is 5.91 Å². The Morgan fingerprint density at radius 1 is 0.857 bits per heavy atom. The molecule has 2 aromatic heterocycles. The number of benzene rings is 2. The number of hydrogen-bond acceptors (Lipinski definition) is 4. The van der Waals surface area contributed by atoms with Crippen molar-refractivity contribution in [2.75, 3.05) is 10.6 Å². The summed E-state index contributed by atoms with van der Waals surface area (Å²) in [5.74, 6) is 0.351. The summed E-state index contributed by atoms with van der Waals surface area (Å²) in [4.78, 5) is 21.2. The fourth-order valence-electron chi connectivity index (χ4n) is 2.94. The molecule has 0 aliphatic rings. The molecule has 1 amide bonds. The van der Waals surface area contributed by atoms with Gasteiger partial charge in [0.2, 0.25) is 0 Å². The Bertz CT molecular complexity index is 1080. The van der Waals surface area contributed by atoms with Crippen molar-refractivity contribution in [1.29, 1.82) is 0 Å². The van der Waals surface area contributed by atoms with Crippen molar-refractivity contribution in [2.24, 2.45) is 0 Å². The van der Waals surface area contributed by atoms with E-state index in [2.05, 4.69) is 20.6 Å². The zero-order chi connectivity index (χ0) is 18.5. The Morgan fingerprint density at radius 2 is 1.64 bits per heavy atom. The predicted octanol–water partition coefficient (Wildman–Crippen LogP) is 4.92. The van der Waals surface area contributed by atoms with Crippen LogP contribution >= 0.6 is 12.4 Å². The van der Waals surface area contributed by atoms with Crippen LogP contribution in [-0.2, 0) is 6.54 Å². The van der Waals surface area contributed by atoms with Gasteiger partial charge < -0.3 is 10.6 Å². The molecular formula is C22H19ClN4O. The Labute approximate surface area is 169 Å². The molecule has 4 rings (SSSR count). The van der Waals surface area contributed by atoms with E-state index in [1.807, 2.05) is 54.6 Å². The molecule has 0 radical (unpaired) electrons. The fraction of sp³-hybridized carbons (Fsp3) is 0.0455. The zero-order valence-electron chi connectivity index (χ0n) is 15.0. The number of nitrogens with one attached hydrogen (secondary N) is 2. The lowest BCUT2D eigenvalue weighted by molar-refractivity contribution is 0.102. The summed E-state index contributed by atoms with van der Waals surface area (Å²) in [6.45, 7) is 0.564. The average molecular weight is 391 g/mol. The van der Waals surface area contributed by atoms with Crippen LogP contribution in [0, 0.1) is 0 Å². The minimum Gasteiger partial charge on any atom is -0.365 e. The highest BCUT2D eigenvalue weighted by Crippen LogP contribution is 2.24. The molecule has 0 aliphatic heterocycles. The van der Waals surface area contributed by atoms with Crippen molar-refractivity contribution in [3.63, 3.8) is 0 Å². The molecule has 28 heavy (non-hydrogen) atoms. The lowest BCUT2D eigenvalue weighted by Crippen LogP contribution is -2.16. The molecule has 0 saturated heterocycles. The molecule has 0 atom stereocenters. The third kappa shape index (κ3) is 4.27. The minimum atomic E-state index is -0.198. The van der Waals surface area contributed by atoms with Crippen molar-refractivity contribution in [3.8, 4) is 0 Å². The molecule has 0 fully saturated rings. The van der Waals surface area contributed by atoms with Crippen molar-refractivity contribution < 1.29 is 4.79 Å². The van der Waals surface area contributed by atoms with Crippen molar-refractivity contribution >= 4 is 40.6 Å². The van der Waals surface area contributed by atoms with Crippen molar-refractivity contribution in [1.82, 2.24) is 9.97 Å². The summed E-state index contributed by atoms with van der Waals surface area (Å²) < 4.78 is 0.